The molecular weight excluding hydrogens is 437 g/mol. The number of hydrogen-bond acceptors (Lipinski definition) is 4. The maximum Gasteiger partial charge on any atom is 0.419 e. The van der Waals surface area contributed by atoms with E-state index in [2.05, 4.69) is 15.2 Å². The van der Waals surface area contributed by atoms with E-state index in [1.807, 2.05) is 0 Å². The molecule has 12 heteroatoms. The zero-order chi connectivity index (χ0) is 21.9. The molecule has 0 bridgehead atoms. The fourth-order valence-corrected chi connectivity index (χ4v) is 4.02. The Morgan fingerprint density at radius 2 is 2.03 bits per heavy atom. The number of imidazole rings is 1. The molecule has 0 spiro atoms. The van der Waals surface area contributed by atoms with Gasteiger partial charge in [0.15, 0.2) is 11.3 Å². The SMILES string of the molecule is O=C(c1nc2c(C(F)(F)F)cc(C3CC3)cn2c1Cl)N1CCN(c2ccn[nH]2)C(=O)C1. The van der Waals surface area contributed by atoms with Crippen molar-refractivity contribution in [3.63, 3.8) is 0 Å². The number of nitrogens with one attached hydrogen (secondary N) is 1. The Morgan fingerprint density at radius 1 is 1.26 bits per heavy atom. The minimum absolute atomic E-state index is 0.0521. The molecule has 8 nitrogen and oxygen atoms in total. The minimum Gasteiger partial charge on any atom is -0.326 e. The molecule has 1 aliphatic carbocycles. The van der Waals surface area contributed by atoms with Gasteiger partial charge in [-0.1, -0.05) is 11.6 Å². The Balaban J connectivity index is 1.48. The molecule has 1 N–H and O–H groups in total. The molecule has 2 amide bonds. The predicted molar refractivity (Wildman–Crippen MR) is 104 cm³/mol. The highest BCUT2D eigenvalue weighted by Crippen LogP contribution is 2.43. The lowest BCUT2D eigenvalue weighted by Gasteiger charge is -2.33. The number of pyridine rings is 1. The lowest BCUT2D eigenvalue weighted by Crippen LogP contribution is -2.52. The standard InChI is InChI=1S/C19H16ClF3N6O2/c20-16-15(18(31)27-5-6-28(14(30)9-27)13-3-4-24-26-13)25-17-12(19(21,22)23)7-11(8-29(16)17)10-1-2-10/h3-4,7-8,10H,1-2,5-6,9H2,(H,24,26). The summed E-state index contributed by atoms with van der Waals surface area (Å²) in [5, 5.41) is 6.29. The summed E-state index contributed by atoms with van der Waals surface area (Å²) in [6.07, 6.45) is -0.0134. The number of rotatable bonds is 3. The average Bonchev–Trinajstić information content (AvgIpc) is 3.33. The van der Waals surface area contributed by atoms with Crippen LogP contribution in [0.15, 0.2) is 24.5 Å². The van der Waals surface area contributed by atoms with Gasteiger partial charge >= 0.3 is 6.18 Å². The molecule has 0 radical (unpaired) electrons. The van der Waals surface area contributed by atoms with Gasteiger partial charge < -0.3 is 4.90 Å². The first-order valence-corrected chi connectivity index (χ1v) is 9.99. The number of aromatic nitrogens is 4. The first-order chi connectivity index (χ1) is 14.7. The number of amides is 2. The highest BCUT2D eigenvalue weighted by Gasteiger charge is 2.38. The molecule has 1 aliphatic heterocycles. The fraction of sp³-hybridized carbons (Fsp3) is 0.368. The van der Waals surface area contributed by atoms with Crippen LogP contribution < -0.4 is 4.90 Å². The number of piperazine rings is 1. The number of aromatic amines is 1. The summed E-state index contributed by atoms with van der Waals surface area (Å²) in [6, 6.07) is 2.71. The smallest absolute Gasteiger partial charge is 0.326 e. The van der Waals surface area contributed by atoms with Gasteiger partial charge in [0, 0.05) is 25.4 Å². The predicted octanol–water partition coefficient (Wildman–Crippen LogP) is 3.10. The Kier molecular flexibility index (Phi) is 4.47. The normalized spacial score (nSPS) is 17.6. The van der Waals surface area contributed by atoms with E-state index >= 15 is 0 Å². The lowest BCUT2D eigenvalue weighted by atomic mass is 10.1. The fourth-order valence-electron chi connectivity index (χ4n) is 3.77. The van der Waals surface area contributed by atoms with E-state index in [1.165, 1.54) is 22.2 Å². The number of carbonyl (C=O) groups is 2. The van der Waals surface area contributed by atoms with Gasteiger partial charge in [-0.05, 0) is 30.4 Å². The second-order valence-electron chi connectivity index (χ2n) is 7.62. The van der Waals surface area contributed by atoms with Crippen LogP contribution in [0, 0.1) is 0 Å². The van der Waals surface area contributed by atoms with Gasteiger partial charge in [0.1, 0.15) is 17.5 Å². The third kappa shape index (κ3) is 3.42. The van der Waals surface area contributed by atoms with Crippen LogP contribution >= 0.6 is 11.6 Å². The average molecular weight is 453 g/mol. The van der Waals surface area contributed by atoms with Gasteiger partial charge in [-0.2, -0.15) is 18.3 Å². The van der Waals surface area contributed by atoms with Crippen LogP contribution in [0.25, 0.3) is 5.65 Å². The molecule has 0 atom stereocenters. The van der Waals surface area contributed by atoms with E-state index < -0.39 is 23.3 Å². The van der Waals surface area contributed by atoms with Crippen LogP contribution in [0.4, 0.5) is 19.0 Å². The van der Waals surface area contributed by atoms with E-state index in [9.17, 15) is 22.8 Å². The summed E-state index contributed by atoms with van der Waals surface area (Å²) in [4.78, 5) is 32.1. The molecule has 0 aromatic carbocycles. The summed E-state index contributed by atoms with van der Waals surface area (Å²) < 4.78 is 42.1. The number of halogens is 4. The number of H-pyrrole nitrogens is 1. The van der Waals surface area contributed by atoms with E-state index in [0.717, 1.165) is 23.3 Å². The van der Waals surface area contributed by atoms with E-state index in [0.29, 0.717) is 11.4 Å². The Hall–Kier alpha value is -3.08. The van der Waals surface area contributed by atoms with Crippen molar-refractivity contribution < 1.29 is 22.8 Å². The van der Waals surface area contributed by atoms with E-state index in [-0.39, 0.29) is 42.3 Å². The number of nitrogens with zero attached hydrogens (tertiary/aromatic N) is 5. The van der Waals surface area contributed by atoms with Crippen molar-refractivity contribution >= 4 is 34.9 Å². The Labute approximate surface area is 178 Å². The summed E-state index contributed by atoms with van der Waals surface area (Å²) in [5.74, 6) is -0.482. The molecule has 1 saturated carbocycles. The van der Waals surface area contributed by atoms with E-state index in [4.69, 9.17) is 11.6 Å². The number of anilines is 1. The molecule has 1 saturated heterocycles. The van der Waals surface area contributed by atoms with Gasteiger partial charge in [-0.25, -0.2) is 4.98 Å². The van der Waals surface area contributed by atoms with Crippen LogP contribution in [0.3, 0.4) is 0 Å². The van der Waals surface area contributed by atoms with Crippen molar-refractivity contribution in [2.45, 2.75) is 24.9 Å². The molecule has 4 heterocycles. The number of alkyl halides is 3. The zero-order valence-electron chi connectivity index (χ0n) is 16.0. The number of carbonyl (C=O) groups excluding carboxylic acids is 2. The first kappa shape index (κ1) is 19.9. The quantitative estimate of drug-likeness (QED) is 0.661. The molecule has 5 rings (SSSR count). The summed E-state index contributed by atoms with van der Waals surface area (Å²) >= 11 is 6.31. The van der Waals surface area contributed by atoms with Crippen molar-refractivity contribution in [3.8, 4) is 0 Å². The van der Waals surface area contributed by atoms with Crippen LogP contribution in [0.5, 0.6) is 0 Å². The van der Waals surface area contributed by atoms with E-state index in [1.54, 1.807) is 6.07 Å². The Bertz CT molecular complexity index is 1190. The molecule has 31 heavy (non-hydrogen) atoms. The van der Waals surface area contributed by atoms with Gasteiger partial charge in [-0.15, -0.1) is 0 Å². The molecule has 2 fully saturated rings. The van der Waals surface area contributed by atoms with Crippen molar-refractivity contribution in [1.82, 2.24) is 24.5 Å². The zero-order valence-corrected chi connectivity index (χ0v) is 16.7. The number of fused-ring (bicyclic) bond motifs is 1. The van der Waals surface area contributed by atoms with Crippen LogP contribution in [-0.2, 0) is 11.0 Å². The lowest BCUT2D eigenvalue weighted by molar-refractivity contribution is -0.136. The summed E-state index contributed by atoms with van der Waals surface area (Å²) in [5.41, 5.74) is -1.14. The van der Waals surface area contributed by atoms with Gasteiger partial charge in [0.2, 0.25) is 5.91 Å². The maximum atomic E-state index is 13.7. The van der Waals surface area contributed by atoms with Gasteiger partial charge in [0.25, 0.3) is 5.91 Å². The second kappa shape index (κ2) is 6.98. The molecule has 0 unspecified atom stereocenters. The molecule has 3 aromatic rings. The topological polar surface area (TPSA) is 86.6 Å². The first-order valence-electron chi connectivity index (χ1n) is 9.61. The van der Waals surface area contributed by atoms with Crippen molar-refractivity contribution in [2.75, 3.05) is 24.5 Å². The van der Waals surface area contributed by atoms with Crippen molar-refractivity contribution in [3.05, 3.63) is 46.5 Å². The van der Waals surface area contributed by atoms with Crippen LogP contribution in [0.2, 0.25) is 5.15 Å². The largest absolute Gasteiger partial charge is 0.419 e. The summed E-state index contributed by atoms with van der Waals surface area (Å²) in [6.45, 7) is 0.131. The minimum atomic E-state index is -4.65. The van der Waals surface area contributed by atoms with Gasteiger partial charge in [0.05, 0.1) is 11.8 Å². The molecule has 3 aromatic heterocycles. The third-order valence-electron chi connectivity index (χ3n) is 5.52. The summed E-state index contributed by atoms with van der Waals surface area (Å²) in [7, 11) is 0. The maximum absolute atomic E-state index is 13.7. The second-order valence-corrected chi connectivity index (χ2v) is 7.98. The van der Waals surface area contributed by atoms with Crippen molar-refractivity contribution in [1.29, 1.82) is 0 Å². The monoisotopic (exact) mass is 452 g/mol. The number of hydrogen-bond donors (Lipinski definition) is 1. The highest BCUT2D eigenvalue weighted by molar-refractivity contribution is 6.33. The molecular formula is C19H16ClF3N6O2. The molecule has 2 aliphatic rings. The Morgan fingerprint density at radius 3 is 2.65 bits per heavy atom. The van der Waals surface area contributed by atoms with Gasteiger partial charge in [-0.3, -0.25) is 24.0 Å². The van der Waals surface area contributed by atoms with Crippen molar-refractivity contribution in [2.24, 2.45) is 0 Å². The third-order valence-corrected chi connectivity index (χ3v) is 5.89. The molecule has 162 valence electrons. The highest BCUT2D eigenvalue weighted by atomic mass is 35.5. The van der Waals surface area contributed by atoms with Crippen LogP contribution in [0.1, 0.15) is 40.4 Å². The van der Waals surface area contributed by atoms with Crippen LogP contribution in [-0.4, -0.2) is 55.9 Å².